The van der Waals surface area contributed by atoms with E-state index in [1.54, 1.807) is 22.7 Å². The molecule has 174 valence electrons. The fourth-order valence-corrected chi connectivity index (χ4v) is 3.77. The summed E-state index contributed by atoms with van der Waals surface area (Å²) in [4.78, 5) is 28.7. The number of carbonyl (C=O) groups is 2. The van der Waals surface area contributed by atoms with Crippen LogP contribution in [0.15, 0.2) is 54.7 Å². The molecule has 0 radical (unpaired) electrons. The van der Waals surface area contributed by atoms with Crippen LogP contribution in [-0.2, 0) is 17.8 Å². The maximum Gasteiger partial charge on any atom is 0.254 e. The van der Waals surface area contributed by atoms with Crippen LogP contribution in [0.1, 0.15) is 39.3 Å². The van der Waals surface area contributed by atoms with E-state index in [0.29, 0.717) is 23.5 Å². The van der Waals surface area contributed by atoms with Gasteiger partial charge in [0.15, 0.2) is 5.65 Å². The first-order valence-corrected chi connectivity index (χ1v) is 10.7. The smallest absolute Gasteiger partial charge is 0.254 e. The van der Waals surface area contributed by atoms with Crippen molar-refractivity contribution in [2.75, 3.05) is 5.32 Å². The number of anilines is 1. The fourth-order valence-electron chi connectivity index (χ4n) is 3.77. The van der Waals surface area contributed by atoms with Crippen molar-refractivity contribution >= 4 is 23.1 Å². The number of rotatable bonds is 8. The molecule has 0 saturated heterocycles. The van der Waals surface area contributed by atoms with Crippen molar-refractivity contribution in [3.8, 4) is 5.75 Å². The Morgan fingerprint density at radius 2 is 1.94 bits per heavy atom. The maximum absolute atomic E-state index is 13.3. The van der Waals surface area contributed by atoms with Gasteiger partial charge in [0.2, 0.25) is 5.91 Å². The van der Waals surface area contributed by atoms with E-state index < -0.39 is 5.91 Å². The SMILES string of the molecule is Cc1nc2c(C(N)=O)cnn2c(C)c1CCC(=O)Nc1cccc(COc2cccc(F)c2)c1. The van der Waals surface area contributed by atoms with Crippen LogP contribution in [0.5, 0.6) is 5.75 Å². The van der Waals surface area contributed by atoms with Crippen molar-refractivity contribution < 1.29 is 18.7 Å². The molecule has 2 heterocycles. The maximum atomic E-state index is 13.3. The number of amides is 2. The third kappa shape index (κ3) is 5.03. The molecule has 9 heteroatoms. The minimum absolute atomic E-state index is 0.152. The molecule has 0 saturated carbocycles. The number of aromatic nitrogens is 3. The molecule has 2 aromatic carbocycles. The molecule has 34 heavy (non-hydrogen) atoms. The number of aryl methyl sites for hydroxylation is 2. The number of nitrogens with two attached hydrogens (primary N) is 1. The van der Waals surface area contributed by atoms with E-state index in [9.17, 15) is 14.0 Å². The van der Waals surface area contributed by atoms with Crippen molar-refractivity contribution in [1.29, 1.82) is 0 Å². The van der Waals surface area contributed by atoms with Crippen molar-refractivity contribution in [1.82, 2.24) is 14.6 Å². The number of primary amides is 1. The predicted molar refractivity (Wildman–Crippen MR) is 125 cm³/mol. The molecule has 0 aliphatic rings. The molecule has 0 unspecified atom stereocenters. The summed E-state index contributed by atoms with van der Waals surface area (Å²) < 4.78 is 20.5. The normalized spacial score (nSPS) is 10.9. The second-order valence-corrected chi connectivity index (χ2v) is 7.91. The monoisotopic (exact) mass is 461 g/mol. The lowest BCUT2D eigenvalue weighted by molar-refractivity contribution is -0.116. The second-order valence-electron chi connectivity index (χ2n) is 7.91. The van der Waals surface area contributed by atoms with Crippen LogP contribution in [0.3, 0.4) is 0 Å². The minimum atomic E-state index is -0.586. The van der Waals surface area contributed by atoms with E-state index in [2.05, 4.69) is 15.4 Å². The van der Waals surface area contributed by atoms with E-state index in [4.69, 9.17) is 10.5 Å². The summed E-state index contributed by atoms with van der Waals surface area (Å²) >= 11 is 0. The number of ether oxygens (including phenoxy) is 1. The lowest BCUT2D eigenvalue weighted by Crippen LogP contribution is -2.15. The molecular weight excluding hydrogens is 437 g/mol. The van der Waals surface area contributed by atoms with Crippen LogP contribution in [0.2, 0.25) is 0 Å². The Bertz CT molecular complexity index is 1380. The molecule has 0 spiro atoms. The van der Waals surface area contributed by atoms with Gasteiger partial charge in [-0.25, -0.2) is 13.9 Å². The molecule has 2 aromatic heterocycles. The molecule has 2 amide bonds. The van der Waals surface area contributed by atoms with Crippen molar-refractivity contribution in [3.63, 3.8) is 0 Å². The first-order valence-electron chi connectivity index (χ1n) is 10.7. The zero-order chi connectivity index (χ0) is 24.2. The Hall–Kier alpha value is -4.27. The number of hydrogen-bond acceptors (Lipinski definition) is 5. The fraction of sp³-hybridized carbons (Fsp3) is 0.200. The van der Waals surface area contributed by atoms with Gasteiger partial charge in [-0.2, -0.15) is 5.10 Å². The first kappa shape index (κ1) is 22.9. The van der Waals surface area contributed by atoms with E-state index in [-0.39, 0.29) is 30.3 Å². The third-order valence-corrected chi connectivity index (χ3v) is 5.49. The highest BCUT2D eigenvalue weighted by molar-refractivity contribution is 5.98. The van der Waals surface area contributed by atoms with Gasteiger partial charge in [0.25, 0.3) is 5.91 Å². The topological polar surface area (TPSA) is 112 Å². The molecule has 8 nitrogen and oxygen atoms in total. The van der Waals surface area contributed by atoms with Gasteiger partial charge in [0.05, 0.1) is 6.20 Å². The quantitative estimate of drug-likeness (QED) is 0.415. The van der Waals surface area contributed by atoms with E-state index in [1.165, 1.54) is 18.3 Å². The third-order valence-electron chi connectivity index (χ3n) is 5.49. The van der Waals surface area contributed by atoms with Crippen LogP contribution < -0.4 is 15.8 Å². The number of nitrogens with one attached hydrogen (secondary N) is 1. The highest BCUT2D eigenvalue weighted by Gasteiger charge is 2.17. The molecule has 0 atom stereocenters. The summed E-state index contributed by atoms with van der Waals surface area (Å²) in [6.07, 6.45) is 2.10. The summed E-state index contributed by atoms with van der Waals surface area (Å²) in [6.45, 7) is 3.95. The molecule has 0 aliphatic carbocycles. The Balaban J connectivity index is 1.39. The number of benzene rings is 2. The lowest BCUT2D eigenvalue weighted by atomic mass is 10.1. The van der Waals surface area contributed by atoms with Gasteiger partial charge in [-0.1, -0.05) is 18.2 Å². The second kappa shape index (κ2) is 9.70. The standard InChI is InChI=1S/C25H24FN5O3/c1-15-21(16(2)31-25(29-15)22(13-28-31)24(27)33)9-10-23(32)30-19-7-3-5-17(11-19)14-34-20-8-4-6-18(26)12-20/h3-8,11-13H,9-10,14H2,1-2H3,(H2,27,33)(H,30,32). The molecular formula is C25H24FN5O3. The van der Waals surface area contributed by atoms with Crippen LogP contribution in [0, 0.1) is 19.7 Å². The summed E-state index contributed by atoms with van der Waals surface area (Å²) in [5.74, 6) is -0.664. The van der Waals surface area contributed by atoms with Gasteiger partial charge in [0.1, 0.15) is 23.7 Å². The Morgan fingerprint density at radius 3 is 2.71 bits per heavy atom. The number of halogens is 1. The van der Waals surface area contributed by atoms with Gasteiger partial charge < -0.3 is 15.8 Å². The summed E-state index contributed by atoms with van der Waals surface area (Å²) in [5.41, 5.74) is 9.96. The van der Waals surface area contributed by atoms with Crippen LogP contribution in [0.4, 0.5) is 10.1 Å². The van der Waals surface area contributed by atoms with E-state index >= 15 is 0 Å². The minimum Gasteiger partial charge on any atom is -0.489 e. The number of nitrogens with zero attached hydrogens (tertiary/aromatic N) is 3. The van der Waals surface area contributed by atoms with Crippen molar-refractivity contribution in [3.05, 3.63) is 88.6 Å². The van der Waals surface area contributed by atoms with E-state index in [0.717, 1.165) is 22.5 Å². The summed E-state index contributed by atoms with van der Waals surface area (Å²) in [7, 11) is 0. The summed E-state index contributed by atoms with van der Waals surface area (Å²) in [5, 5.41) is 7.11. The lowest BCUT2D eigenvalue weighted by Gasteiger charge is -2.12. The molecule has 4 rings (SSSR count). The van der Waals surface area contributed by atoms with E-state index in [1.807, 2.05) is 32.0 Å². The largest absolute Gasteiger partial charge is 0.489 e. The molecule has 3 N–H and O–H groups in total. The van der Waals surface area contributed by atoms with Crippen molar-refractivity contribution in [2.45, 2.75) is 33.3 Å². The molecule has 4 aromatic rings. The summed E-state index contributed by atoms with van der Waals surface area (Å²) in [6, 6.07) is 13.2. The number of fused-ring (bicyclic) bond motifs is 1. The number of carbonyl (C=O) groups excluding carboxylic acids is 2. The molecule has 0 fully saturated rings. The Morgan fingerprint density at radius 1 is 1.15 bits per heavy atom. The van der Waals surface area contributed by atoms with Gasteiger partial charge in [-0.3, -0.25) is 9.59 Å². The molecule has 0 bridgehead atoms. The van der Waals surface area contributed by atoms with Crippen LogP contribution in [0.25, 0.3) is 5.65 Å². The van der Waals surface area contributed by atoms with Crippen LogP contribution >= 0.6 is 0 Å². The van der Waals surface area contributed by atoms with Gasteiger partial charge in [0, 0.05) is 29.6 Å². The first-order chi connectivity index (χ1) is 16.3. The Kier molecular flexibility index (Phi) is 6.53. The predicted octanol–water partition coefficient (Wildman–Crippen LogP) is 3.73. The number of hydrogen-bond donors (Lipinski definition) is 2. The van der Waals surface area contributed by atoms with Crippen LogP contribution in [-0.4, -0.2) is 26.4 Å². The molecule has 0 aliphatic heterocycles. The Labute approximate surface area is 195 Å². The van der Waals surface area contributed by atoms with Gasteiger partial charge in [-0.05, 0) is 55.7 Å². The average molecular weight is 461 g/mol. The average Bonchev–Trinajstić information content (AvgIpc) is 3.22. The van der Waals surface area contributed by atoms with Gasteiger partial charge >= 0.3 is 0 Å². The zero-order valence-corrected chi connectivity index (χ0v) is 18.8. The highest BCUT2D eigenvalue weighted by atomic mass is 19.1. The van der Waals surface area contributed by atoms with Crippen molar-refractivity contribution in [2.24, 2.45) is 5.73 Å². The zero-order valence-electron chi connectivity index (χ0n) is 18.8. The highest BCUT2D eigenvalue weighted by Crippen LogP contribution is 2.20. The van der Waals surface area contributed by atoms with Gasteiger partial charge in [-0.15, -0.1) is 0 Å².